The first-order valence-corrected chi connectivity index (χ1v) is 19.1. The maximum absolute atomic E-state index is 5.34. The van der Waals surface area contributed by atoms with E-state index >= 15 is 0 Å². The van der Waals surface area contributed by atoms with Gasteiger partial charge < -0.3 is 4.57 Å². The van der Waals surface area contributed by atoms with Crippen LogP contribution in [0.4, 0.5) is 0 Å². The molecule has 0 aliphatic carbocycles. The molecule has 0 radical (unpaired) electrons. The highest BCUT2D eigenvalue weighted by atomic mass is 15.1. The third kappa shape index (κ3) is 5.32. The summed E-state index contributed by atoms with van der Waals surface area (Å²) in [4.78, 5) is 5.34. The molecule has 3 heterocycles. The van der Waals surface area contributed by atoms with Crippen molar-refractivity contribution < 1.29 is 0 Å². The third-order valence-electron chi connectivity index (χ3n) is 11.1. The second-order valence-electron chi connectivity index (χ2n) is 14.4. The van der Waals surface area contributed by atoms with Gasteiger partial charge in [0, 0.05) is 32.8 Å². The molecule has 3 aromatic heterocycles. The second-order valence-corrected chi connectivity index (χ2v) is 14.4. The van der Waals surface area contributed by atoms with Gasteiger partial charge in [-0.1, -0.05) is 158 Å². The van der Waals surface area contributed by atoms with E-state index in [9.17, 15) is 0 Å². The molecule has 0 saturated heterocycles. The maximum atomic E-state index is 5.34. The van der Waals surface area contributed by atoms with Crippen molar-refractivity contribution in [3.8, 4) is 56.1 Å². The predicted octanol–water partition coefficient (Wildman–Crippen LogP) is 13.9. The number of aromatic nitrogens is 3. The number of hydrogen-bond acceptors (Lipinski definition) is 1. The summed E-state index contributed by atoms with van der Waals surface area (Å²) >= 11 is 0. The quantitative estimate of drug-likeness (QED) is 0.168. The van der Waals surface area contributed by atoms with Crippen molar-refractivity contribution in [1.82, 2.24) is 14.1 Å². The van der Waals surface area contributed by atoms with Crippen LogP contribution in [0.1, 0.15) is 0 Å². The van der Waals surface area contributed by atoms with Gasteiger partial charge in [-0.15, -0.1) is 0 Å². The first kappa shape index (κ1) is 32.0. The van der Waals surface area contributed by atoms with Gasteiger partial charge in [-0.3, -0.25) is 4.57 Å². The van der Waals surface area contributed by atoms with Gasteiger partial charge in [-0.05, 0) is 88.0 Å². The van der Waals surface area contributed by atoms with Crippen molar-refractivity contribution >= 4 is 43.6 Å². The predicted molar refractivity (Wildman–Crippen MR) is 235 cm³/mol. The van der Waals surface area contributed by atoms with E-state index in [1.807, 2.05) is 0 Å². The number of benzene rings is 8. The Bertz CT molecular complexity index is 3150. The summed E-state index contributed by atoms with van der Waals surface area (Å²) < 4.78 is 4.70. The Labute approximate surface area is 325 Å². The fourth-order valence-electron chi connectivity index (χ4n) is 8.44. The first-order valence-electron chi connectivity index (χ1n) is 19.1. The molecule has 0 amide bonds. The van der Waals surface area contributed by atoms with Gasteiger partial charge in [0.1, 0.15) is 5.82 Å². The van der Waals surface area contributed by atoms with Crippen LogP contribution in [-0.4, -0.2) is 14.1 Å². The summed E-state index contributed by atoms with van der Waals surface area (Å²) in [6.07, 6.45) is 0. The lowest BCUT2D eigenvalue weighted by Crippen LogP contribution is -2.00. The van der Waals surface area contributed by atoms with Gasteiger partial charge in [0.05, 0.1) is 27.8 Å². The molecule has 11 aromatic rings. The molecule has 0 unspecified atom stereocenters. The standard InChI is InChI=1S/C53H35N3/c1-4-14-36(15-5-1)42-33-48(39-16-6-2-7-17-39)54-53(35-42)56-50-23-13-10-20-44(50)46-30-28-41(34-52(46)56)38-26-24-37(25-27-38)40-29-31-51-47(32-40)45-21-11-12-22-49(45)55(51)43-18-8-3-9-19-43/h1-35H. The number of fused-ring (bicyclic) bond motifs is 6. The van der Waals surface area contributed by atoms with Crippen molar-refractivity contribution in [3.63, 3.8) is 0 Å². The number of hydrogen-bond donors (Lipinski definition) is 0. The minimum atomic E-state index is 0.896. The summed E-state index contributed by atoms with van der Waals surface area (Å²) in [6, 6.07) is 76.2. The Morgan fingerprint density at radius 3 is 1.45 bits per heavy atom. The number of pyridine rings is 1. The molecular formula is C53H35N3. The molecule has 0 N–H and O–H groups in total. The first-order chi connectivity index (χ1) is 27.8. The molecule has 0 saturated carbocycles. The molecule has 0 spiro atoms. The highest BCUT2D eigenvalue weighted by molar-refractivity contribution is 6.11. The lowest BCUT2D eigenvalue weighted by atomic mass is 9.98. The minimum absolute atomic E-state index is 0.896. The van der Waals surface area contributed by atoms with Crippen LogP contribution < -0.4 is 0 Å². The highest BCUT2D eigenvalue weighted by Gasteiger charge is 2.17. The maximum Gasteiger partial charge on any atom is 0.138 e. The van der Waals surface area contributed by atoms with Crippen LogP contribution in [0.5, 0.6) is 0 Å². The molecule has 8 aromatic carbocycles. The monoisotopic (exact) mass is 713 g/mol. The van der Waals surface area contributed by atoms with Crippen molar-refractivity contribution in [2.24, 2.45) is 0 Å². The molecule has 3 heteroatoms. The van der Waals surface area contributed by atoms with Gasteiger partial charge in [0.2, 0.25) is 0 Å². The van der Waals surface area contributed by atoms with Crippen molar-refractivity contribution in [3.05, 3.63) is 212 Å². The third-order valence-corrected chi connectivity index (χ3v) is 11.1. The van der Waals surface area contributed by atoms with E-state index in [0.29, 0.717) is 0 Å². The fraction of sp³-hybridized carbons (Fsp3) is 0. The van der Waals surface area contributed by atoms with Crippen LogP contribution in [0.3, 0.4) is 0 Å². The largest absolute Gasteiger partial charge is 0.309 e. The molecule has 0 atom stereocenters. The highest BCUT2D eigenvalue weighted by Crippen LogP contribution is 2.38. The molecule has 3 nitrogen and oxygen atoms in total. The molecule has 11 rings (SSSR count). The van der Waals surface area contributed by atoms with Gasteiger partial charge in [0.25, 0.3) is 0 Å². The van der Waals surface area contributed by atoms with E-state index in [1.54, 1.807) is 0 Å². The minimum Gasteiger partial charge on any atom is -0.309 e. The molecule has 0 aliphatic heterocycles. The van der Waals surface area contributed by atoms with E-state index in [4.69, 9.17) is 4.98 Å². The molecule has 0 aliphatic rings. The molecular weight excluding hydrogens is 679 g/mol. The van der Waals surface area contributed by atoms with Gasteiger partial charge in [-0.2, -0.15) is 0 Å². The SMILES string of the molecule is c1ccc(-c2cc(-c3ccccc3)nc(-n3c4ccccc4c4ccc(-c5ccc(-c6ccc7c(c6)c6ccccc6n7-c6ccccc6)cc5)cc43)c2)cc1. The Hall–Kier alpha value is -7.49. The zero-order valence-corrected chi connectivity index (χ0v) is 30.5. The van der Waals surface area contributed by atoms with Crippen LogP contribution >= 0.6 is 0 Å². The smallest absolute Gasteiger partial charge is 0.138 e. The number of nitrogens with zero attached hydrogens (tertiary/aromatic N) is 3. The Balaban J connectivity index is 1.02. The molecule has 0 fully saturated rings. The molecule has 0 bridgehead atoms. The number of para-hydroxylation sites is 3. The Morgan fingerprint density at radius 2 is 0.750 bits per heavy atom. The van der Waals surface area contributed by atoms with Crippen molar-refractivity contribution in [1.29, 1.82) is 0 Å². The normalized spacial score (nSPS) is 11.6. The second kappa shape index (κ2) is 13.1. The Kier molecular flexibility index (Phi) is 7.49. The van der Waals surface area contributed by atoms with E-state index in [1.165, 1.54) is 55.0 Å². The van der Waals surface area contributed by atoms with E-state index < -0.39 is 0 Å². The lowest BCUT2D eigenvalue weighted by Gasteiger charge is -2.13. The van der Waals surface area contributed by atoms with Gasteiger partial charge >= 0.3 is 0 Å². The summed E-state index contributed by atoms with van der Waals surface area (Å²) in [5.41, 5.74) is 14.9. The molecule has 262 valence electrons. The summed E-state index contributed by atoms with van der Waals surface area (Å²) in [5, 5.41) is 4.93. The Morgan fingerprint density at radius 1 is 0.268 bits per heavy atom. The van der Waals surface area contributed by atoms with Crippen molar-refractivity contribution in [2.45, 2.75) is 0 Å². The van der Waals surface area contributed by atoms with Crippen LogP contribution in [0, 0.1) is 0 Å². The zero-order chi connectivity index (χ0) is 37.0. The van der Waals surface area contributed by atoms with E-state index in [-0.39, 0.29) is 0 Å². The lowest BCUT2D eigenvalue weighted by molar-refractivity contribution is 1.08. The number of rotatable bonds is 6. The van der Waals surface area contributed by atoms with E-state index in [2.05, 4.69) is 221 Å². The summed E-state index contributed by atoms with van der Waals surface area (Å²) in [5.74, 6) is 0.896. The fourth-order valence-corrected chi connectivity index (χ4v) is 8.44. The van der Waals surface area contributed by atoms with E-state index in [0.717, 1.165) is 44.8 Å². The topological polar surface area (TPSA) is 22.8 Å². The average Bonchev–Trinajstić information content (AvgIpc) is 3.79. The summed E-state index contributed by atoms with van der Waals surface area (Å²) in [7, 11) is 0. The summed E-state index contributed by atoms with van der Waals surface area (Å²) in [6.45, 7) is 0. The van der Waals surface area contributed by atoms with Crippen LogP contribution in [0.25, 0.3) is 99.8 Å². The van der Waals surface area contributed by atoms with Crippen LogP contribution in [0.15, 0.2) is 212 Å². The van der Waals surface area contributed by atoms with Crippen LogP contribution in [-0.2, 0) is 0 Å². The average molecular weight is 714 g/mol. The zero-order valence-electron chi connectivity index (χ0n) is 30.5. The van der Waals surface area contributed by atoms with Gasteiger partial charge in [0.15, 0.2) is 0 Å². The van der Waals surface area contributed by atoms with Crippen LogP contribution in [0.2, 0.25) is 0 Å². The van der Waals surface area contributed by atoms with Crippen molar-refractivity contribution in [2.75, 3.05) is 0 Å². The van der Waals surface area contributed by atoms with Gasteiger partial charge in [-0.25, -0.2) is 4.98 Å². The molecule has 56 heavy (non-hydrogen) atoms.